The van der Waals surface area contributed by atoms with Gasteiger partial charge in [-0.15, -0.1) is 0 Å². The van der Waals surface area contributed by atoms with Crippen LogP contribution in [-0.2, 0) is 0 Å². The van der Waals surface area contributed by atoms with Gasteiger partial charge in [-0.05, 0) is 0 Å². The van der Waals surface area contributed by atoms with Crippen molar-refractivity contribution in [2.75, 3.05) is 0 Å². The molecule has 1 atom stereocenters. The molecule has 0 aliphatic rings. The normalized spacial score (nSPS) is 0. The maximum absolute atomic E-state index is 0. The maximum atomic E-state index is 0. The Labute approximate surface area is 53.4 Å². The van der Waals surface area contributed by atoms with Gasteiger partial charge in [0.15, 0.2) is 0 Å². The molecule has 0 aliphatic heterocycles. The summed E-state index contributed by atoms with van der Waals surface area (Å²) in [5.74, 6) is 0. The third kappa shape index (κ3) is 9.52. The van der Waals surface area contributed by atoms with E-state index in [4.69, 9.17) is 0 Å². The Kier molecular flexibility index (Phi) is 271. The van der Waals surface area contributed by atoms with Crippen molar-refractivity contribution in [3.63, 3.8) is 0 Å². The van der Waals surface area contributed by atoms with Crippen LogP contribution < -0.4 is 0 Å². The molecule has 1 unspecified atom stereocenters. The zero-order valence-corrected chi connectivity index (χ0v) is 6.12. The Bertz CT molecular complexity index is 8.00. The van der Waals surface area contributed by atoms with Crippen molar-refractivity contribution in [3.05, 3.63) is 0 Å². The van der Waals surface area contributed by atoms with E-state index in [1.165, 1.54) is 0 Å². The number of rotatable bonds is 0. The average molecular weight is 103 g/mol. The van der Waals surface area contributed by atoms with Gasteiger partial charge in [-0.25, -0.2) is 0 Å². The molecule has 0 saturated heterocycles. The first kappa shape index (κ1) is 46.5. The van der Waals surface area contributed by atoms with Crippen LogP contribution in [-0.4, -0.2) is 29.8 Å². The van der Waals surface area contributed by atoms with E-state index in [1.54, 1.807) is 0 Å². The molecule has 0 spiro atoms. The minimum Gasteiger partial charge on any atom is -0.197 e. The molecule has 0 aromatic rings. The molecule has 0 aromatic heterocycles. The van der Waals surface area contributed by atoms with Crippen LogP contribution in [0.4, 0.5) is 0 Å². The topological polar surface area (TPSA) is 0 Å². The minimum atomic E-state index is 0. The molecule has 21 valence electrons. The molecule has 0 nitrogen and oxygen atoms in total. The third-order valence-electron chi connectivity index (χ3n) is 0. The summed E-state index contributed by atoms with van der Waals surface area (Å²) in [7, 11) is 0. The predicted molar refractivity (Wildman–Crippen MR) is 33.0 cm³/mol. The summed E-state index contributed by atoms with van der Waals surface area (Å²) in [5.41, 5.74) is 0. The fourth-order valence-corrected chi connectivity index (χ4v) is 0. The second-order valence-corrected chi connectivity index (χ2v) is 0. The van der Waals surface area contributed by atoms with Gasteiger partial charge in [0.05, 0.1) is 0 Å². The number of hydrogen-bond acceptors (Lipinski definition) is 0. The summed E-state index contributed by atoms with van der Waals surface area (Å²) in [4.78, 5) is 0. The largest absolute Gasteiger partial charge is 0.197 e. The van der Waals surface area contributed by atoms with Gasteiger partial charge in [-0.1, -0.05) is 0 Å². The van der Waals surface area contributed by atoms with E-state index in [2.05, 4.69) is 0 Å². The van der Waals surface area contributed by atoms with E-state index in [1.807, 2.05) is 0 Å². The molecule has 0 fully saturated rings. The molecule has 0 amide bonds. The SMILES string of the molecule is P.S.[Li].[Si]. The van der Waals surface area contributed by atoms with Gasteiger partial charge in [-0.3, -0.25) is 0 Å². The summed E-state index contributed by atoms with van der Waals surface area (Å²) in [5, 5.41) is 0. The van der Waals surface area contributed by atoms with Crippen molar-refractivity contribution in [3.8, 4) is 0 Å². The van der Waals surface area contributed by atoms with Crippen molar-refractivity contribution >= 4 is 53.2 Å². The van der Waals surface area contributed by atoms with E-state index in [9.17, 15) is 0 Å². The van der Waals surface area contributed by atoms with Gasteiger partial charge in [0.25, 0.3) is 0 Å². The summed E-state index contributed by atoms with van der Waals surface area (Å²) in [6.45, 7) is 0. The molecule has 0 rings (SSSR count). The van der Waals surface area contributed by atoms with E-state index >= 15 is 0 Å². The quantitative estimate of drug-likeness (QED) is 0.284. The van der Waals surface area contributed by atoms with Gasteiger partial charge in [0.1, 0.15) is 0 Å². The Morgan fingerprint density at radius 1 is 1.00 bits per heavy atom. The van der Waals surface area contributed by atoms with E-state index in [-0.39, 0.29) is 53.2 Å². The first-order chi connectivity index (χ1) is 0. The molecule has 0 aromatic carbocycles. The molecule has 4 heavy (non-hydrogen) atoms. The molecule has 4 heteroatoms. The molecule has 5 radical (unpaired) electrons. The van der Waals surface area contributed by atoms with Gasteiger partial charge in [0, 0.05) is 29.8 Å². The summed E-state index contributed by atoms with van der Waals surface area (Å²) in [6.07, 6.45) is 0. The molecule has 0 aliphatic carbocycles. The predicted octanol–water partition coefficient (Wildman–Crippen LogP) is -0.591. The molecule has 0 saturated carbocycles. The molecular formula is H5LiPSSi. The van der Waals surface area contributed by atoms with Gasteiger partial charge < -0.3 is 0 Å². The van der Waals surface area contributed by atoms with Crippen molar-refractivity contribution < 1.29 is 0 Å². The Morgan fingerprint density at radius 2 is 1.00 bits per heavy atom. The van der Waals surface area contributed by atoms with Crippen molar-refractivity contribution in [1.82, 2.24) is 0 Å². The van der Waals surface area contributed by atoms with E-state index < -0.39 is 0 Å². The Balaban J connectivity index is 0. The zero-order valence-electron chi connectivity index (χ0n) is 2.71. The van der Waals surface area contributed by atoms with Gasteiger partial charge in [0.2, 0.25) is 0 Å². The van der Waals surface area contributed by atoms with E-state index in [0.717, 1.165) is 0 Å². The standard InChI is InChI=1S/Li.H3P.H2S.Si/h;1H3;1H2;. The minimum absolute atomic E-state index is 0. The Morgan fingerprint density at radius 3 is 1.00 bits per heavy atom. The van der Waals surface area contributed by atoms with Crippen molar-refractivity contribution in [2.45, 2.75) is 0 Å². The Hall–Kier alpha value is 1.59. The average Bonchev–Trinajstić information content (AvgIpc) is 0. The van der Waals surface area contributed by atoms with Crippen LogP contribution in [0.15, 0.2) is 0 Å². The summed E-state index contributed by atoms with van der Waals surface area (Å²) in [6, 6.07) is 0. The van der Waals surface area contributed by atoms with Crippen LogP contribution in [0.3, 0.4) is 0 Å². The van der Waals surface area contributed by atoms with Crippen molar-refractivity contribution in [1.29, 1.82) is 0 Å². The smallest absolute Gasteiger partial charge is 0 e. The number of hydrogen-bond donors (Lipinski definition) is 0. The molecule has 0 bridgehead atoms. The second kappa shape index (κ2) is 23.4. The van der Waals surface area contributed by atoms with Gasteiger partial charge in [-0.2, -0.15) is 23.4 Å². The van der Waals surface area contributed by atoms with Crippen molar-refractivity contribution in [2.24, 2.45) is 0 Å². The van der Waals surface area contributed by atoms with Crippen LogP contribution in [0.5, 0.6) is 0 Å². The zero-order chi connectivity index (χ0) is 0. The fraction of sp³-hybridized carbons (Fsp3) is 0. The van der Waals surface area contributed by atoms with Crippen LogP contribution >= 0.6 is 23.4 Å². The maximum Gasteiger partial charge on any atom is 0 e. The summed E-state index contributed by atoms with van der Waals surface area (Å²) >= 11 is 0. The van der Waals surface area contributed by atoms with Crippen LogP contribution in [0.1, 0.15) is 0 Å². The van der Waals surface area contributed by atoms with Crippen LogP contribution in [0.2, 0.25) is 0 Å². The second-order valence-electron chi connectivity index (χ2n) is 0. The molecule has 0 heterocycles. The monoisotopic (exact) mass is 103 g/mol. The third-order valence-corrected chi connectivity index (χ3v) is 0. The van der Waals surface area contributed by atoms with E-state index in [0.29, 0.717) is 0 Å². The van der Waals surface area contributed by atoms with Crippen LogP contribution in [0, 0.1) is 0 Å². The molecule has 0 N–H and O–H groups in total. The van der Waals surface area contributed by atoms with Gasteiger partial charge >= 0.3 is 0 Å². The first-order valence-corrected chi connectivity index (χ1v) is 0. The molecular weight excluding hydrogens is 98.1 g/mol. The summed E-state index contributed by atoms with van der Waals surface area (Å²) < 4.78 is 0. The van der Waals surface area contributed by atoms with Crippen LogP contribution in [0.25, 0.3) is 0 Å². The first-order valence-electron chi connectivity index (χ1n) is 0. The fourth-order valence-electron chi connectivity index (χ4n) is 0.